The minimum atomic E-state index is -0.512. The number of hydrogen-bond acceptors (Lipinski definition) is 3. The number of amides is 1. The van der Waals surface area contributed by atoms with Gasteiger partial charge >= 0.3 is 6.09 Å². The predicted octanol–water partition coefficient (Wildman–Crippen LogP) is 2.38. The molecule has 1 aromatic rings. The average Bonchev–Trinajstić information content (AvgIpc) is 2.32. The number of nitrogens with zero attached hydrogens (tertiary/aromatic N) is 1. The summed E-state index contributed by atoms with van der Waals surface area (Å²) in [4.78, 5) is 12.8. The number of para-hydroxylation sites is 1. The van der Waals surface area contributed by atoms with Crippen molar-refractivity contribution >= 4 is 11.8 Å². The molecule has 1 rings (SSSR count). The smallest absolute Gasteiger partial charge is 0.416 e. The van der Waals surface area contributed by atoms with E-state index in [1.165, 1.54) is 4.90 Å². The second kappa shape index (κ2) is 6.85. The molecule has 1 N–H and O–H groups in total. The van der Waals surface area contributed by atoms with E-state index in [4.69, 9.17) is 9.84 Å². The molecule has 0 aliphatic carbocycles. The first-order valence-electron chi connectivity index (χ1n) is 5.39. The van der Waals surface area contributed by atoms with E-state index in [1.54, 1.807) is 24.3 Å². The molecule has 0 spiro atoms. The molecule has 0 aromatic heterocycles. The molecule has 1 aromatic carbocycles. The Morgan fingerprint density at radius 2 is 2.06 bits per heavy atom. The zero-order chi connectivity index (χ0) is 11.8. The summed E-state index contributed by atoms with van der Waals surface area (Å²) in [5.74, 6) is 0. The van der Waals surface area contributed by atoms with Crippen molar-refractivity contribution in [2.24, 2.45) is 0 Å². The van der Waals surface area contributed by atoms with Crippen molar-refractivity contribution in [1.29, 1.82) is 0 Å². The number of benzene rings is 1. The molecule has 0 atom stereocenters. The van der Waals surface area contributed by atoms with Gasteiger partial charge in [-0.1, -0.05) is 31.5 Å². The van der Waals surface area contributed by atoms with E-state index in [1.807, 2.05) is 13.0 Å². The van der Waals surface area contributed by atoms with Crippen LogP contribution in [0.25, 0.3) is 0 Å². The van der Waals surface area contributed by atoms with Crippen LogP contribution >= 0.6 is 0 Å². The van der Waals surface area contributed by atoms with Crippen LogP contribution in [-0.4, -0.2) is 24.5 Å². The van der Waals surface area contributed by atoms with Crippen LogP contribution in [0.4, 0.5) is 10.5 Å². The molecule has 0 saturated carbocycles. The van der Waals surface area contributed by atoms with Gasteiger partial charge in [0.2, 0.25) is 0 Å². The van der Waals surface area contributed by atoms with Crippen molar-refractivity contribution < 1.29 is 14.6 Å². The van der Waals surface area contributed by atoms with Crippen molar-refractivity contribution in [3.05, 3.63) is 30.3 Å². The molecule has 0 saturated heterocycles. The van der Waals surface area contributed by atoms with E-state index >= 15 is 0 Å². The Morgan fingerprint density at radius 3 is 2.62 bits per heavy atom. The van der Waals surface area contributed by atoms with Crippen molar-refractivity contribution in [2.45, 2.75) is 19.8 Å². The maximum absolute atomic E-state index is 11.6. The summed E-state index contributed by atoms with van der Waals surface area (Å²) < 4.78 is 5.02. The van der Waals surface area contributed by atoms with Gasteiger partial charge in [0, 0.05) is 5.69 Å². The van der Waals surface area contributed by atoms with E-state index < -0.39 is 6.09 Å². The monoisotopic (exact) mass is 223 g/mol. The maximum atomic E-state index is 11.6. The molecule has 0 radical (unpaired) electrons. The van der Waals surface area contributed by atoms with Crippen molar-refractivity contribution in [3.63, 3.8) is 0 Å². The van der Waals surface area contributed by atoms with Crippen LogP contribution in [0.5, 0.6) is 0 Å². The van der Waals surface area contributed by atoms with E-state index in [9.17, 15) is 4.79 Å². The van der Waals surface area contributed by atoms with Gasteiger partial charge in [-0.25, -0.2) is 4.79 Å². The summed E-state index contributed by atoms with van der Waals surface area (Å²) >= 11 is 0. The number of anilines is 1. The van der Waals surface area contributed by atoms with Gasteiger partial charge in [-0.05, 0) is 18.6 Å². The highest BCUT2D eigenvalue weighted by Crippen LogP contribution is 2.13. The molecule has 0 bridgehead atoms. The molecular weight excluding hydrogens is 206 g/mol. The minimum absolute atomic E-state index is 0.380. The van der Waals surface area contributed by atoms with E-state index in [-0.39, 0.29) is 6.73 Å². The van der Waals surface area contributed by atoms with Crippen molar-refractivity contribution in [1.82, 2.24) is 0 Å². The lowest BCUT2D eigenvalue weighted by Gasteiger charge is -2.19. The fourth-order valence-electron chi connectivity index (χ4n) is 1.23. The summed E-state index contributed by atoms with van der Waals surface area (Å²) in [7, 11) is 0. The number of hydrogen-bond donors (Lipinski definition) is 1. The Labute approximate surface area is 95.5 Å². The standard InChI is InChI=1S/C12H17NO3/c1-2-3-9-16-12(15)13(10-14)11-7-5-4-6-8-11/h4-8,14H,2-3,9-10H2,1H3. The summed E-state index contributed by atoms with van der Waals surface area (Å²) in [5, 5.41) is 9.13. The number of aliphatic hydroxyl groups is 1. The zero-order valence-corrected chi connectivity index (χ0v) is 9.43. The number of rotatable bonds is 5. The van der Waals surface area contributed by atoms with Gasteiger partial charge in [-0.2, -0.15) is 0 Å². The quantitative estimate of drug-likeness (QED) is 0.616. The highest BCUT2D eigenvalue weighted by molar-refractivity contribution is 5.87. The summed E-state index contributed by atoms with van der Waals surface area (Å²) in [6.45, 7) is 2.03. The van der Waals surface area contributed by atoms with Gasteiger partial charge in [0.1, 0.15) is 6.73 Å². The predicted molar refractivity (Wildman–Crippen MR) is 62.3 cm³/mol. The Morgan fingerprint density at radius 1 is 1.38 bits per heavy atom. The average molecular weight is 223 g/mol. The van der Waals surface area contributed by atoms with Crippen molar-refractivity contribution in [2.75, 3.05) is 18.2 Å². The third-order valence-electron chi connectivity index (χ3n) is 2.15. The minimum Gasteiger partial charge on any atom is -0.449 e. The Hall–Kier alpha value is -1.55. The molecule has 0 aliphatic rings. The summed E-state index contributed by atoms with van der Waals surface area (Å²) in [6, 6.07) is 8.95. The molecule has 0 aliphatic heterocycles. The van der Waals surface area contributed by atoms with Crippen LogP contribution in [0, 0.1) is 0 Å². The number of aliphatic hydroxyl groups excluding tert-OH is 1. The molecule has 1 amide bonds. The zero-order valence-electron chi connectivity index (χ0n) is 9.43. The Kier molecular flexibility index (Phi) is 5.36. The third kappa shape index (κ3) is 3.55. The second-order valence-corrected chi connectivity index (χ2v) is 3.37. The van der Waals surface area contributed by atoms with Crippen molar-refractivity contribution in [3.8, 4) is 0 Å². The lowest BCUT2D eigenvalue weighted by molar-refractivity contribution is 0.144. The molecule has 4 heteroatoms. The van der Waals surface area contributed by atoms with Gasteiger partial charge in [-0.3, -0.25) is 4.90 Å². The van der Waals surface area contributed by atoms with E-state index in [0.717, 1.165) is 12.8 Å². The number of ether oxygens (including phenoxy) is 1. The van der Waals surface area contributed by atoms with Crippen LogP contribution in [0.1, 0.15) is 19.8 Å². The van der Waals surface area contributed by atoms with Crippen LogP contribution in [0.15, 0.2) is 30.3 Å². The number of carbonyl (C=O) groups excluding carboxylic acids is 1. The largest absolute Gasteiger partial charge is 0.449 e. The van der Waals surface area contributed by atoms with Gasteiger partial charge in [-0.15, -0.1) is 0 Å². The van der Waals surface area contributed by atoms with Gasteiger partial charge < -0.3 is 9.84 Å². The lowest BCUT2D eigenvalue weighted by Crippen LogP contribution is -2.32. The summed E-state index contributed by atoms with van der Waals surface area (Å²) in [6.07, 6.45) is 1.29. The normalized spacial score (nSPS) is 9.88. The fourth-order valence-corrected chi connectivity index (χ4v) is 1.23. The molecule has 0 heterocycles. The number of unbranched alkanes of at least 4 members (excludes halogenated alkanes) is 1. The molecule has 0 fully saturated rings. The first kappa shape index (κ1) is 12.5. The molecule has 4 nitrogen and oxygen atoms in total. The number of carbonyl (C=O) groups is 1. The molecular formula is C12H17NO3. The van der Waals surface area contributed by atoms with E-state index in [0.29, 0.717) is 12.3 Å². The van der Waals surface area contributed by atoms with Crippen LogP contribution < -0.4 is 4.90 Å². The lowest BCUT2D eigenvalue weighted by atomic mass is 10.3. The topological polar surface area (TPSA) is 49.8 Å². The third-order valence-corrected chi connectivity index (χ3v) is 2.15. The van der Waals surface area contributed by atoms with Gasteiger partial charge in [0.15, 0.2) is 0 Å². The Balaban J connectivity index is 2.57. The maximum Gasteiger partial charge on any atom is 0.416 e. The van der Waals surface area contributed by atoms with E-state index in [2.05, 4.69) is 0 Å². The van der Waals surface area contributed by atoms with Gasteiger partial charge in [0.25, 0.3) is 0 Å². The molecule has 88 valence electrons. The molecule has 0 unspecified atom stereocenters. The van der Waals surface area contributed by atoms with Crippen LogP contribution in [-0.2, 0) is 4.74 Å². The first-order chi connectivity index (χ1) is 7.79. The van der Waals surface area contributed by atoms with Crippen LogP contribution in [0.3, 0.4) is 0 Å². The van der Waals surface area contributed by atoms with Crippen LogP contribution in [0.2, 0.25) is 0 Å². The first-order valence-corrected chi connectivity index (χ1v) is 5.39. The highest BCUT2D eigenvalue weighted by Gasteiger charge is 2.15. The second-order valence-electron chi connectivity index (χ2n) is 3.37. The fraction of sp³-hybridized carbons (Fsp3) is 0.417. The summed E-state index contributed by atoms with van der Waals surface area (Å²) in [5.41, 5.74) is 0.631. The SMILES string of the molecule is CCCCOC(=O)N(CO)c1ccccc1. The van der Waals surface area contributed by atoms with Gasteiger partial charge in [0.05, 0.1) is 6.61 Å². The Bertz CT molecular complexity index is 313. The highest BCUT2D eigenvalue weighted by atomic mass is 16.6. The molecule has 16 heavy (non-hydrogen) atoms.